The molecule has 5 nitrogen and oxygen atoms in total. The first-order valence-corrected chi connectivity index (χ1v) is 9.77. The van der Waals surface area contributed by atoms with Crippen molar-refractivity contribution in [2.75, 3.05) is 39.9 Å². The van der Waals surface area contributed by atoms with E-state index in [0.717, 1.165) is 36.5 Å². The Morgan fingerprint density at radius 3 is 2.48 bits per heavy atom. The molecule has 1 aliphatic heterocycles. The number of halogens is 1. The summed E-state index contributed by atoms with van der Waals surface area (Å²) < 4.78 is 12.0. The molecule has 0 aliphatic carbocycles. The van der Waals surface area contributed by atoms with Gasteiger partial charge in [-0.1, -0.05) is 12.1 Å². The fourth-order valence-corrected chi connectivity index (χ4v) is 4.31. The van der Waals surface area contributed by atoms with E-state index in [2.05, 4.69) is 33.0 Å². The first-order valence-electron chi connectivity index (χ1n) is 8.16. The number of methoxy groups -OCH3 is 1. The molecule has 3 rings (SSSR count). The standard InChI is InChI=1S/C18H21BrN2O3S/c1-23-15-4-2-3-5-16(15)24-13-18(22)21-10-8-20(9-11-21)12-14-6-7-17(19)25-14/h2-7H,8-13H2,1H3. The minimum Gasteiger partial charge on any atom is -0.493 e. The van der Waals surface area contributed by atoms with Gasteiger partial charge in [0, 0.05) is 37.6 Å². The van der Waals surface area contributed by atoms with Crippen LogP contribution < -0.4 is 9.47 Å². The average molecular weight is 425 g/mol. The summed E-state index contributed by atoms with van der Waals surface area (Å²) in [6.45, 7) is 4.22. The van der Waals surface area contributed by atoms with Gasteiger partial charge in [0.15, 0.2) is 18.1 Å². The van der Waals surface area contributed by atoms with Crippen LogP contribution in [0.4, 0.5) is 0 Å². The number of thiophene rings is 1. The highest BCUT2D eigenvalue weighted by atomic mass is 79.9. The summed E-state index contributed by atoms with van der Waals surface area (Å²) in [5, 5.41) is 0. The number of para-hydroxylation sites is 2. The fourth-order valence-electron chi connectivity index (χ4n) is 2.78. The maximum atomic E-state index is 12.4. The molecular weight excluding hydrogens is 404 g/mol. The van der Waals surface area contributed by atoms with Crippen LogP contribution in [0.1, 0.15) is 4.88 Å². The summed E-state index contributed by atoms with van der Waals surface area (Å²) in [4.78, 5) is 18.0. The van der Waals surface area contributed by atoms with Crippen LogP contribution in [0.25, 0.3) is 0 Å². The lowest BCUT2D eigenvalue weighted by Gasteiger charge is -2.34. The molecule has 0 saturated carbocycles. The predicted molar refractivity (Wildman–Crippen MR) is 102 cm³/mol. The third-order valence-electron chi connectivity index (χ3n) is 4.15. The fraction of sp³-hybridized carbons (Fsp3) is 0.389. The van der Waals surface area contributed by atoms with E-state index in [-0.39, 0.29) is 12.5 Å². The quantitative estimate of drug-likeness (QED) is 0.713. The van der Waals surface area contributed by atoms with Crippen molar-refractivity contribution in [1.82, 2.24) is 9.80 Å². The number of hydrogen-bond acceptors (Lipinski definition) is 5. The third kappa shape index (κ3) is 4.96. The second-order valence-electron chi connectivity index (χ2n) is 5.80. The number of nitrogens with zero attached hydrogens (tertiary/aromatic N) is 2. The monoisotopic (exact) mass is 424 g/mol. The molecule has 1 amide bonds. The molecule has 0 spiro atoms. The Bertz CT molecular complexity index is 714. The average Bonchev–Trinajstić information content (AvgIpc) is 3.05. The van der Waals surface area contributed by atoms with Crippen molar-refractivity contribution < 1.29 is 14.3 Å². The number of benzene rings is 1. The summed E-state index contributed by atoms with van der Waals surface area (Å²) in [5.41, 5.74) is 0. The first kappa shape index (κ1) is 18.2. The van der Waals surface area contributed by atoms with Crippen LogP contribution in [-0.4, -0.2) is 55.6 Å². The third-order valence-corrected chi connectivity index (χ3v) is 5.76. The second-order valence-corrected chi connectivity index (χ2v) is 8.35. The van der Waals surface area contributed by atoms with Crippen molar-refractivity contribution in [1.29, 1.82) is 0 Å². The number of piperazine rings is 1. The molecule has 2 aromatic rings. The van der Waals surface area contributed by atoms with Crippen LogP contribution >= 0.6 is 27.3 Å². The minimum atomic E-state index is 0.0180. The zero-order valence-corrected chi connectivity index (χ0v) is 16.5. The summed E-state index contributed by atoms with van der Waals surface area (Å²) in [5.74, 6) is 1.26. The van der Waals surface area contributed by atoms with E-state index >= 15 is 0 Å². The van der Waals surface area contributed by atoms with Crippen LogP contribution in [0.3, 0.4) is 0 Å². The van der Waals surface area contributed by atoms with Crippen molar-refractivity contribution in [2.24, 2.45) is 0 Å². The SMILES string of the molecule is COc1ccccc1OCC(=O)N1CCN(Cc2ccc(Br)s2)CC1. The van der Waals surface area contributed by atoms with Crippen LogP contribution in [-0.2, 0) is 11.3 Å². The van der Waals surface area contributed by atoms with E-state index in [9.17, 15) is 4.79 Å². The number of hydrogen-bond donors (Lipinski definition) is 0. The van der Waals surface area contributed by atoms with Gasteiger partial charge >= 0.3 is 0 Å². The van der Waals surface area contributed by atoms with Gasteiger partial charge in [0.25, 0.3) is 5.91 Å². The predicted octanol–water partition coefficient (Wildman–Crippen LogP) is 3.24. The van der Waals surface area contributed by atoms with Gasteiger partial charge in [-0.3, -0.25) is 9.69 Å². The topological polar surface area (TPSA) is 42.0 Å². The van der Waals surface area contributed by atoms with Gasteiger partial charge in [-0.2, -0.15) is 0 Å². The van der Waals surface area contributed by atoms with E-state index in [1.807, 2.05) is 29.2 Å². The number of carbonyl (C=O) groups excluding carboxylic acids is 1. The number of ether oxygens (including phenoxy) is 2. The van der Waals surface area contributed by atoms with Crippen molar-refractivity contribution in [3.8, 4) is 11.5 Å². The Morgan fingerprint density at radius 1 is 1.12 bits per heavy atom. The largest absolute Gasteiger partial charge is 0.493 e. The lowest BCUT2D eigenvalue weighted by Crippen LogP contribution is -2.49. The number of carbonyl (C=O) groups is 1. The molecule has 0 radical (unpaired) electrons. The first-order chi connectivity index (χ1) is 12.2. The molecule has 0 N–H and O–H groups in total. The van der Waals surface area contributed by atoms with Crippen molar-refractivity contribution in [2.45, 2.75) is 6.54 Å². The Hall–Kier alpha value is -1.57. The smallest absolute Gasteiger partial charge is 0.260 e. The van der Waals surface area contributed by atoms with Crippen molar-refractivity contribution in [3.63, 3.8) is 0 Å². The molecular formula is C18H21BrN2O3S. The molecule has 134 valence electrons. The van der Waals surface area contributed by atoms with E-state index in [1.165, 1.54) is 4.88 Å². The van der Waals surface area contributed by atoms with Crippen molar-refractivity contribution >= 4 is 33.2 Å². The van der Waals surface area contributed by atoms with E-state index < -0.39 is 0 Å². The minimum absolute atomic E-state index is 0.0180. The maximum absolute atomic E-state index is 12.4. The highest BCUT2D eigenvalue weighted by Gasteiger charge is 2.22. The second kappa shape index (κ2) is 8.69. The van der Waals surface area contributed by atoms with Gasteiger partial charge in [-0.15, -0.1) is 11.3 Å². The van der Waals surface area contributed by atoms with E-state index in [4.69, 9.17) is 9.47 Å². The molecule has 1 fully saturated rings. The molecule has 2 heterocycles. The Morgan fingerprint density at radius 2 is 1.84 bits per heavy atom. The summed E-state index contributed by atoms with van der Waals surface area (Å²) in [6, 6.07) is 11.6. The Balaban J connectivity index is 1.45. The highest BCUT2D eigenvalue weighted by Crippen LogP contribution is 2.26. The van der Waals surface area contributed by atoms with Gasteiger partial charge in [-0.05, 0) is 40.2 Å². The summed E-state index contributed by atoms with van der Waals surface area (Å²) >= 11 is 5.26. The van der Waals surface area contributed by atoms with Crippen LogP contribution in [0.5, 0.6) is 11.5 Å². The molecule has 1 saturated heterocycles. The number of amides is 1. The van der Waals surface area contributed by atoms with Gasteiger partial charge < -0.3 is 14.4 Å². The Labute approximate surface area is 160 Å². The van der Waals surface area contributed by atoms with Gasteiger partial charge in [0.1, 0.15) is 0 Å². The molecule has 0 bridgehead atoms. The molecule has 1 aliphatic rings. The van der Waals surface area contributed by atoms with Crippen molar-refractivity contribution in [3.05, 3.63) is 45.1 Å². The molecule has 7 heteroatoms. The van der Waals surface area contributed by atoms with Crippen LogP contribution in [0.2, 0.25) is 0 Å². The zero-order valence-electron chi connectivity index (χ0n) is 14.1. The molecule has 25 heavy (non-hydrogen) atoms. The van der Waals surface area contributed by atoms with Gasteiger partial charge in [-0.25, -0.2) is 0 Å². The Kier molecular flexibility index (Phi) is 6.34. The summed E-state index contributed by atoms with van der Waals surface area (Å²) in [7, 11) is 1.59. The highest BCUT2D eigenvalue weighted by molar-refractivity contribution is 9.11. The molecule has 1 aromatic heterocycles. The lowest BCUT2D eigenvalue weighted by molar-refractivity contribution is -0.135. The molecule has 1 aromatic carbocycles. The lowest BCUT2D eigenvalue weighted by atomic mass is 10.3. The molecule has 0 atom stereocenters. The molecule has 0 unspecified atom stereocenters. The van der Waals surface area contributed by atoms with Crippen LogP contribution in [0, 0.1) is 0 Å². The normalized spacial score (nSPS) is 15.2. The van der Waals surface area contributed by atoms with Gasteiger partial charge in [0.2, 0.25) is 0 Å². The van der Waals surface area contributed by atoms with E-state index in [1.54, 1.807) is 18.4 Å². The maximum Gasteiger partial charge on any atom is 0.260 e. The van der Waals surface area contributed by atoms with Gasteiger partial charge in [0.05, 0.1) is 10.9 Å². The van der Waals surface area contributed by atoms with Crippen LogP contribution in [0.15, 0.2) is 40.2 Å². The van der Waals surface area contributed by atoms with E-state index in [0.29, 0.717) is 11.5 Å². The number of rotatable bonds is 6. The summed E-state index contributed by atoms with van der Waals surface area (Å²) in [6.07, 6.45) is 0. The zero-order chi connectivity index (χ0) is 17.6.